The van der Waals surface area contributed by atoms with Crippen LogP contribution in [0.1, 0.15) is 40.8 Å². The number of hydrogen-bond acceptors (Lipinski definition) is 8. The maximum atomic E-state index is 12.5. The van der Waals surface area contributed by atoms with E-state index in [1.807, 2.05) is 4.90 Å². The Labute approximate surface area is 161 Å². The second-order valence-electron chi connectivity index (χ2n) is 7.07. The zero-order valence-electron chi connectivity index (χ0n) is 15.8. The van der Waals surface area contributed by atoms with E-state index >= 15 is 0 Å². The van der Waals surface area contributed by atoms with E-state index in [1.165, 1.54) is 0 Å². The highest BCUT2D eigenvalue weighted by molar-refractivity contribution is 5.92. The third-order valence-electron chi connectivity index (χ3n) is 5.28. The lowest BCUT2D eigenvalue weighted by Gasteiger charge is -2.31. The molecule has 2 aromatic rings. The fourth-order valence-electron chi connectivity index (χ4n) is 3.53. The summed E-state index contributed by atoms with van der Waals surface area (Å²) in [6.07, 6.45) is 3.43. The normalized spacial score (nSPS) is 18.5. The zero-order chi connectivity index (χ0) is 19.5. The summed E-state index contributed by atoms with van der Waals surface area (Å²) in [6.45, 7) is 5.28. The van der Waals surface area contributed by atoms with Gasteiger partial charge in [-0.25, -0.2) is 9.31 Å². The van der Waals surface area contributed by atoms with Gasteiger partial charge in [-0.15, -0.1) is 5.10 Å². The number of carbonyl (C=O) groups excluding carboxylic acids is 2. The fourth-order valence-corrected chi connectivity index (χ4v) is 3.53. The second kappa shape index (κ2) is 8.05. The Kier molecular flexibility index (Phi) is 5.33. The quantitative estimate of drug-likeness (QED) is 0.708. The molecule has 0 unspecified atom stereocenters. The molecule has 28 heavy (non-hydrogen) atoms. The van der Waals surface area contributed by atoms with Crippen LogP contribution < -0.4 is 0 Å². The number of morpholine rings is 1. The molecule has 11 heteroatoms. The Morgan fingerprint density at radius 1 is 1.11 bits per heavy atom. The Balaban J connectivity index is 1.31. The minimum Gasteiger partial charge on any atom is -0.378 e. The highest BCUT2D eigenvalue weighted by Crippen LogP contribution is 2.22. The number of amides is 2. The van der Waals surface area contributed by atoms with Gasteiger partial charge in [0.25, 0.3) is 5.91 Å². The predicted molar refractivity (Wildman–Crippen MR) is 94.3 cm³/mol. The molecule has 0 saturated carbocycles. The van der Waals surface area contributed by atoms with Gasteiger partial charge in [-0.2, -0.15) is 0 Å². The van der Waals surface area contributed by atoms with Crippen molar-refractivity contribution in [3.63, 3.8) is 0 Å². The van der Waals surface area contributed by atoms with Gasteiger partial charge in [0, 0.05) is 26.2 Å². The predicted octanol–water partition coefficient (Wildman–Crippen LogP) is -0.152. The van der Waals surface area contributed by atoms with Gasteiger partial charge in [0.15, 0.2) is 5.69 Å². The number of carbonyl (C=O) groups is 2. The fraction of sp³-hybridized carbons (Fsp3) is 0.647. The first-order valence-electron chi connectivity index (χ1n) is 9.46. The van der Waals surface area contributed by atoms with Gasteiger partial charge >= 0.3 is 0 Å². The molecule has 0 spiro atoms. The van der Waals surface area contributed by atoms with Gasteiger partial charge in [-0.05, 0) is 19.8 Å². The number of aromatic nitrogens is 5. The standard InChI is InChI=1S/C17H23N7O4/c1-12-14(20-28-19-12)10-16(25)22-4-2-13(3-5-22)24-11-15(18-21-24)17(26)23-6-8-27-9-7-23/h11,13H,2-10H2,1H3. The molecule has 0 aliphatic carbocycles. The van der Waals surface area contributed by atoms with Crippen LogP contribution in [-0.2, 0) is 16.0 Å². The highest BCUT2D eigenvalue weighted by atomic mass is 16.6. The Hall–Kier alpha value is -2.82. The Morgan fingerprint density at radius 3 is 2.54 bits per heavy atom. The molecule has 2 saturated heterocycles. The number of ether oxygens (including phenoxy) is 1. The molecule has 2 amide bonds. The monoisotopic (exact) mass is 389 g/mol. The van der Waals surface area contributed by atoms with Crippen LogP contribution in [0.3, 0.4) is 0 Å². The molecule has 150 valence electrons. The molecule has 11 nitrogen and oxygen atoms in total. The third kappa shape index (κ3) is 3.88. The number of likely N-dealkylation sites (tertiary alicyclic amines) is 1. The number of piperidine rings is 1. The van der Waals surface area contributed by atoms with Crippen LogP contribution in [0, 0.1) is 6.92 Å². The van der Waals surface area contributed by atoms with Crippen molar-refractivity contribution in [1.82, 2.24) is 35.1 Å². The van der Waals surface area contributed by atoms with Crippen LogP contribution >= 0.6 is 0 Å². The Bertz CT molecular complexity index is 834. The van der Waals surface area contributed by atoms with Crippen LogP contribution in [-0.4, -0.2) is 86.3 Å². The summed E-state index contributed by atoms with van der Waals surface area (Å²) in [5.41, 5.74) is 1.58. The number of aryl methyl sites for hydroxylation is 1. The smallest absolute Gasteiger partial charge is 0.276 e. The van der Waals surface area contributed by atoms with E-state index in [0.29, 0.717) is 56.5 Å². The van der Waals surface area contributed by atoms with Crippen LogP contribution in [0.2, 0.25) is 0 Å². The summed E-state index contributed by atoms with van der Waals surface area (Å²) in [7, 11) is 0. The average Bonchev–Trinajstić information content (AvgIpc) is 3.38. The summed E-state index contributed by atoms with van der Waals surface area (Å²) in [6, 6.07) is 0.123. The maximum absolute atomic E-state index is 12.5. The highest BCUT2D eigenvalue weighted by Gasteiger charge is 2.27. The summed E-state index contributed by atoms with van der Waals surface area (Å²) >= 11 is 0. The zero-order valence-corrected chi connectivity index (χ0v) is 15.8. The van der Waals surface area contributed by atoms with Crippen molar-refractivity contribution in [1.29, 1.82) is 0 Å². The number of hydrogen-bond donors (Lipinski definition) is 0. The van der Waals surface area contributed by atoms with Gasteiger partial charge in [0.05, 0.1) is 31.9 Å². The topological polar surface area (TPSA) is 119 Å². The lowest BCUT2D eigenvalue weighted by Crippen LogP contribution is -2.41. The Morgan fingerprint density at radius 2 is 1.86 bits per heavy atom. The van der Waals surface area contributed by atoms with Crippen molar-refractivity contribution >= 4 is 11.8 Å². The molecule has 0 N–H and O–H groups in total. The molecule has 0 aromatic carbocycles. The lowest BCUT2D eigenvalue weighted by molar-refractivity contribution is -0.131. The molecule has 0 radical (unpaired) electrons. The summed E-state index contributed by atoms with van der Waals surface area (Å²) in [5, 5.41) is 15.7. The van der Waals surface area contributed by atoms with Crippen LogP contribution in [0.15, 0.2) is 10.8 Å². The van der Waals surface area contributed by atoms with Crippen molar-refractivity contribution in [2.24, 2.45) is 0 Å². The molecule has 4 heterocycles. The van der Waals surface area contributed by atoms with Gasteiger partial charge in [0.2, 0.25) is 5.91 Å². The minimum atomic E-state index is -0.112. The molecular formula is C17H23N7O4. The SMILES string of the molecule is Cc1nonc1CC(=O)N1CCC(n2cc(C(=O)N3CCOCC3)nn2)CC1. The van der Waals surface area contributed by atoms with Crippen molar-refractivity contribution in [2.45, 2.75) is 32.2 Å². The summed E-state index contributed by atoms with van der Waals surface area (Å²) < 4.78 is 11.7. The van der Waals surface area contributed by atoms with Crippen LogP contribution in [0.5, 0.6) is 0 Å². The molecule has 0 bridgehead atoms. The molecular weight excluding hydrogens is 366 g/mol. The van der Waals surface area contributed by atoms with Crippen molar-refractivity contribution < 1.29 is 19.0 Å². The van der Waals surface area contributed by atoms with E-state index < -0.39 is 0 Å². The second-order valence-corrected chi connectivity index (χ2v) is 7.07. The van der Waals surface area contributed by atoms with Crippen molar-refractivity contribution in [3.05, 3.63) is 23.3 Å². The largest absolute Gasteiger partial charge is 0.378 e. The van der Waals surface area contributed by atoms with E-state index in [1.54, 1.807) is 22.7 Å². The molecule has 2 fully saturated rings. The molecule has 2 aromatic heterocycles. The summed E-state index contributed by atoms with van der Waals surface area (Å²) in [5.74, 6) is -0.0993. The van der Waals surface area contributed by atoms with E-state index in [0.717, 1.165) is 12.8 Å². The van der Waals surface area contributed by atoms with Gasteiger partial charge in [-0.1, -0.05) is 15.5 Å². The van der Waals surface area contributed by atoms with Crippen molar-refractivity contribution in [2.75, 3.05) is 39.4 Å². The van der Waals surface area contributed by atoms with Gasteiger partial charge in [-0.3, -0.25) is 9.59 Å². The van der Waals surface area contributed by atoms with E-state index in [4.69, 9.17) is 4.74 Å². The van der Waals surface area contributed by atoms with E-state index in [9.17, 15) is 9.59 Å². The number of nitrogens with zero attached hydrogens (tertiary/aromatic N) is 7. The molecule has 0 atom stereocenters. The van der Waals surface area contributed by atoms with E-state index in [2.05, 4.69) is 25.3 Å². The average molecular weight is 389 g/mol. The first-order chi connectivity index (χ1) is 13.6. The number of rotatable bonds is 4. The lowest BCUT2D eigenvalue weighted by atomic mass is 10.0. The van der Waals surface area contributed by atoms with Crippen LogP contribution in [0.25, 0.3) is 0 Å². The first kappa shape index (κ1) is 18.5. The third-order valence-corrected chi connectivity index (χ3v) is 5.28. The molecule has 2 aliphatic heterocycles. The molecule has 4 rings (SSSR count). The minimum absolute atomic E-state index is 0.0130. The summed E-state index contributed by atoms with van der Waals surface area (Å²) in [4.78, 5) is 28.5. The van der Waals surface area contributed by atoms with E-state index in [-0.39, 0.29) is 24.3 Å². The van der Waals surface area contributed by atoms with Crippen molar-refractivity contribution in [3.8, 4) is 0 Å². The van der Waals surface area contributed by atoms with Gasteiger partial charge in [0.1, 0.15) is 11.4 Å². The van der Waals surface area contributed by atoms with Crippen LogP contribution in [0.4, 0.5) is 0 Å². The first-order valence-corrected chi connectivity index (χ1v) is 9.46. The maximum Gasteiger partial charge on any atom is 0.276 e. The molecule has 2 aliphatic rings. The van der Waals surface area contributed by atoms with Gasteiger partial charge < -0.3 is 14.5 Å².